The molecule has 6 heteroatoms. The van der Waals surface area contributed by atoms with E-state index in [-0.39, 0.29) is 22.4 Å². The molecule has 1 amide bonds. The van der Waals surface area contributed by atoms with E-state index < -0.39 is 0 Å². The molecule has 0 spiro atoms. The molecule has 0 saturated carbocycles. The molecule has 2 rings (SSSR count). The first-order valence-corrected chi connectivity index (χ1v) is 6.77. The molecule has 0 aliphatic carbocycles. The van der Waals surface area contributed by atoms with Crippen LogP contribution in [0.15, 0.2) is 42.6 Å². The molecule has 0 aliphatic rings. The maximum Gasteiger partial charge on any atom is 0.276 e. The summed E-state index contributed by atoms with van der Waals surface area (Å²) in [5, 5.41) is 0. The number of thiocarbonyl (C=S) groups is 1. The fraction of sp³-hybridized carbons (Fsp3) is 0.133. The summed E-state index contributed by atoms with van der Waals surface area (Å²) in [6.45, 7) is 2.29. The number of amides is 1. The van der Waals surface area contributed by atoms with E-state index in [1.165, 1.54) is 23.2 Å². The van der Waals surface area contributed by atoms with E-state index in [2.05, 4.69) is 4.98 Å². The van der Waals surface area contributed by atoms with Crippen LogP contribution < -0.4 is 10.6 Å². The number of carbonyl (C=O) groups excluding carboxylic acids is 1. The number of hydrogen-bond acceptors (Lipinski definition) is 3. The average Bonchev–Trinajstić information content (AvgIpc) is 2.50. The Morgan fingerprint density at radius 3 is 2.43 bits per heavy atom. The van der Waals surface area contributed by atoms with Gasteiger partial charge in [0.2, 0.25) is 0 Å². The molecule has 4 nitrogen and oxygen atoms in total. The molecule has 21 heavy (non-hydrogen) atoms. The van der Waals surface area contributed by atoms with Crippen molar-refractivity contribution in [3.63, 3.8) is 0 Å². The summed E-state index contributed by atoms with van der Waals surface area (Å²) in [6.07, 6.45) is 1.47. The maximum absolute atomic E-state index is 13.0. The van der Waals surface area contributed by atoms with Crippen molar-refractivity contribution < 1.29 is 9.18 Å². The first kappa shape index (κ1) is 15.1. The number of carbonyl (C=O) groups is 1. The molecule has 0 radical (unpaired) electrons. The lowest BCUT2D eigenvalue weighted by atomic mass is 10.2. The Hall–Kier alpha value is -2.34. The molecule has 108 valence electrons. The van der Waals surface area contributed by atoms with Crippen LogP contribution in [-0.4, -0.2) is 22.4 Å². The molecule has 0 atom stereocenters. The van der Waals surface area contributed by atoms with Crippen LogP contribution >= 0.6 is 12.2 Å². The van der Waals surface area contributed by atoms with Crippen LogP contribution in [-0.2, 0) is 0 Å². The highest BCUT2D eigenvalue weighted by atomic mass is 32.1. The number of nitrogens with two attached hydrogens (primary N) is 1. The monoisotopic (exact) mass is 303 g/mol. The third-order valence-electron chi connectivity index (χ3n) is 2.97. The van der Waals surface area contributed by atoms with Crippen LogP contribution in [0.5, 0.6) is 0 Å². The normalized spacial score (nSPS) is 10.2. The third kappa shape index (κ3) is 3.41. The van der Waals surface area contributed by atoms with Gasteiger partial charge in [0.25, 0.3) is 5.91 Å². The van der Waals surface area contributed by atoms with E-state index in [1.807, 2.05) is 6.92 Å². The van der Waals surface area contributed by atoms with E-state index in [0.29, 0.717) is 17.8 Å². The molecule has 0 saturated heterocycles. The van der Waals surface area contributed by atoms with Gasteiger partial charge in [-0.05, 0) is 43.3 Å². The first-order chi connectivity index (χ1) is 10.0. The van der Waals surface area contributed by atoms with Crippen LogP contribution in [0.25, 0.3) is 0 Å². The van der Waals surface area contributed by atoms with Gasteiger partial charge in [0.1, 0.15) is 16.5 Å². The third-order valence-corrected chi connectivity index (χ3v) is 3.20. The largest absolute Gasteiger partial charge is 0.389 e. The SMILES string of the molecule is CCN(C(=O)c1ccc(C(N)=S)cn1)c1ccc(F)cc1. The van der Waals surface area contributed by atoms with Gasteiger partial charge in [-0.1, -0.05) is 12.2 Å². The predicted molar refractivity (Wildman–Crippen MR) is 83.9 cm³/mol. The summed E-state index contributed by atoms with van der Waals surface area (Å²) in [5.41, 5.74) is 6.99. The fourth-order valence-electron chi connectivity index (χ4n) is 1.87. The molecule has 1 aromatic carbocycles. The second-order valence-corrected chi connectivity index (χ2v) is 4.76. The zero-order valence-electron chi connectivity index (χ0n) is 11.4. The fourth-order valence-corrected chi connectivity index (χ4v) is 1.99. The van der Waals surface area contributed by atoms with Gasteiger partial charge >= 0.3 is 0 Å². The van der Waals surface area contributed by atoms with Crippen LogP contribution in [0.2, 0.25) is 0 Å². The number of pyridine rings is 1. The Morgan fingerprint density at radius 1 is 1.29 bits per heavy atom. The minimum absolute atomic E-state index is 0.229. The van der Waals surface area contributed by atoms with E-state index in [4.69, 9.17) is 18.0 Å². The zero-order valence-corrected chi connectivity index (χ0v) is 12.2. The Kier molecular flexibility index (Phi) is 4.59. The predicted octanol–water partition coefficient (Wildman–Crippen LogP) is 2.52. The van der Waals surface area contributed by atoms with Crippen molar-refractivity contribution >= 4 is 28.8 Å². The molecule has 2 N–H and O–H groups in total. The minimum atomic E-state index is -0.346. The first-order valence-electron chi connectivity index (χ1n) is 6.36. The van der Waals surface area contributed by atoms with Gasteiger partial charge in [-0.2, -0.15) is 0 Å². The minimum Gasteiger partial charge on any atom is -0.389 e. The van der Waals surface area contributed by atoms with Crippen LogP contribution in [0.3, 0.4) is 0 Å². The van der Waals surface area contributed by atoms with Crippen molar-refractivity contribution in [1.82, 2.24) is 4.98 Å². The Balaban J connectivity index is 2.27. The molecule has 2 aromatic rings. The molecular formula is C15H14FN3OS. The number of benzene rings is 1. The standard InChI is InChI=1S/C15H14FN3OS/c1-2-19(12-6-4-11(16)5-7-12)15(20)13-8-3-10(9-18-13)14(17)21/h3-9H,2H2,1H3,(H2,17,21). The number of anilines is 1. The highest BCUT2D eigenvalue weighted by molar-refractivity contribution is 7.80. The molecule has 1 heterocycles. The Bertz CT molecular complexity index is 656. The maximum atomic E-state index is 13.0. The summed E-state index contributed by atoms with van der Waals surface area (Å²) in [6, 6.07) is 8.97. The van der Waals surface area contributed by atoms with Crippen molar-refractivity contribution in [2.75, 3.05) is 11.4 Å². The highest BCUT2D eigenvalue weighted by Crippen LogP contribution is 2.17. The van der Waals surface area contributed by atoms with Crippen molar-refractivity contribution in [3.05, 3.63) is 59.7 Å². The van der Waals surface area contributed by atoms with Gasteiger partial charge in [-0.3, -0.25) is 9.78 Å². The second-order valence-electron chi connectivity index (χ2n) is 4.32. The highest BCUT2D eigenvalue weighted by Gasteiger charge is 2.17. The van der Waals surface area contributed by atoms with E-state index in [0.717, 1.165) is 0 Å². The second kappa shape index (κ2) is 6.41. The lowest BCUT2D eigenvalue weighted by molar-refractivity contribution is 0.0983. The number of halogens is 1. The quantitative estimate of drug-likeness (QED) is 0.882. The van der Waals surface area contributed by atoms with Crippen molar-refractivity contribution in [3.8, 4) is 0 Å². The molecule has 0 fully saturated rings. The number of aromatic nitrogens is 1. The number of rotatable bonds is 4. The van der Waals surface area contributed by atoms with Gasteiger partial charge in [-0.15, -0.1) is 0 Å². The van der Waals surface area contributed by atoms with Gasteiger partial charge in [0, 0.05) is 24.0 Å². The summed E-state index contributed by atoms with van der Waals surface area (Å²) in [4.78, 5) is 18.3. The molecule has 1 aromatic heterocycles. The summed E-state index contributed by atoms with van der Waals surface area (Å²) in [7, 11) is 0. The number of hydrogen-bond donors (Lipinski definition) is 1. The molecule has 0 aliphatic heterocycles. The van der Waals surface area contributed by atoms with Gasteiger partial charge < -0.3 is 10.6 Å². The van der Waals surface area contributed by atoms with Gasteiger partial charge in [0.05, 0.1) is 0 Å². The zero-order chi connectivity index (χ0) is 15.4. The summed E-state index contributed by atoms with van der Waals surface area (Å²) in [5.74, 6) is -0.611. The lowest BCUT2D eigenvalue weighted by Gasteiger charge is -2.20. The van der Waals surface area contributed by atoms with E-state index in [1.54, 1.807) is 24.3 Å². The van der Waals surface area contributed by atoms with Gasteiger partial charge in [-0.25, -0.2) is 4.39 Å². The van der Waals surface area contributed by atoms with Crippen LogP contribution in [0, 0.1) is 5.82 Å². The smallest absolute Gasteiger partial charge is 0.276 e. The van der Waals surface area contributed by atoms with Gasteiger partial charge in [0.15, 0.2) is 0 Å². The molecular weight excluding hydrogens is 289 g/mol. The lowest BCUT2D eigenvalue weighted by Crippen LogP contribution is -2.31. The van der Waals surface area contributed by atoms with Crippen LogP contribution in [0.1, 0.15) is 23.0 Å². The summed E-state index contributed by atoms with van der Waals surface area (Å²) >= 11 is 4.84. The van der Waals surface area contributed by atoms with Crippen molar-refractivity contribution in [2.24, 2.45) is 5.73 Å². The molecule has 0 bridgehead atoms. The summed E-state index contributed by atoms with van der Waals surface area (Å²) < 4.78 is 13.0. The topological polar surface area (TPSA) is 59.2 Å². The Morgan fingerprint density at radius 2 is 1.95 bits per heavy atom. The molecule has 0 unspecified atom stereocenters. The average molecular weight is 303 g/mol. The van der Waals surface area contributed by atoms with Crippen LogP contribution in [0.4, 0.5) is 10.1 Å². The number of nitrogens with zero attached hydrogens (tertiary/aromatic N) is 2. The Labute approximate surface area is 127 Å². The van der Waals surface area contributed by atoms with E-state index >= 15 is 0 Å². The van der Waals surface area contributed by atoms with Crippen molar-refractivity contribution in [2.45, 2.75) is 6.92 Å². The van der Waals surface area contributed by atoms with Crippen molar-refractivity contribution in [1.29, 1.82) is 0 Å². The van der Waals surface area contributed by atoms with E-state index in [9.17, 15) is 9.18 Å².